The first kappa shape index (κ1) is 18.5. The van der Waals surface area contributed by atoms with Crippen LogP contribution in [0.4, 0.5) is 0 Å². The van der Waals surface area contributed by atoms with Gasteiger partial charge >= 0.3 is 0 Å². The fraction of sp³-hybridized carbons (Fsp3) is 0.765. The van der Waals surface area contributed by atoms with Gasteiger partial charge in [0.2, 0.25) is 0 Å². The molecule has 0 spiro atoms. The quantitative estimate of drug-likeness (QED) is 0.596. The van der Waals surface area contributed by atoms with Crippen LogP contribution in [-0.4, -0.2) is 55.1 Å². The van der Waals surface area contributed by atoms with Gasteiger partial charge in [-0.25, -0.2) is 14.6 Å². The Morgan fingerprint density at radius 1 is 1.28 bits per heavy atom. The molecule has 2 heterocycles. The third-order valence-corrected chi connectivity index (χ3v) is 6.20. The molecule has 25 heavy (non-hydrogen) atoms. The van der Waals surface area contributed by atoms with Crippen molar-refractivity contribution in [2.24, 2.45) is 11.8 Å². The molecule has 7 nitrogen and oxygen atoms in total. The van der Waals surface area contributed by atoms with Gasteiger partial charge in [-0.15, -0.1) is 5.10 Å². The first-order chi connectivity index (χ1) is 12.1. The summed E-state index contributed by atoms with van der Waals surface area (Å²) < 4.78 is 7.79. The van der Waals surface area contributed by atoms with Crippen LogP contribution in [-0.2, 0) is 4.74 Å². The molecule has 1 saturated carbocycles. The molecule has 0 aliphatic heterocycles. The van der Waals surface area contributed by atoms with Gasteiger partial charge in [0, 0.05) is 5.75 Å². The fourth-order valence-corrected chi connectivity index (χ4v) is 4.26. The first-order valence-corrected chi connectivity index (χ1v) is 10.00. The molecular formula is C17H27N5O2S. The van der Waals surface area contributed by atoms with E-state index in [0.29, 0.717) is 18.4 Å². The Kier molecular flexibility index (Phi) is 5.91. The minimum atomic E-state index is 0.0545. The Balaban J connectivity index is 1.91. The van der Waals surface area contributed by atoms with Crippen LogP contribution in [0.25, 0.3) is 11.2 Å². The molecule has 0 amide bonds. The van der Waals surface area contributed by atoms with Crippen molar-refractivity contribution in [1.82, 2.24) is 25.0 Å². The van der Waals surface area contributed by atoms with Gasteiger partial charge in [-0.3, -0.25) is 0 Å². The summed E-state index contributed by atoms with van der Waals surface area (Å²) in [5, 5.41) is 18.6. The summed E-state index contributed by atoms with van der Waals surface area (Å²) in [6.07, 6.45) is 2.08. The smallest absolute Gasteiger partial charge is 0.189 e. The molecule has 8 heteroatoms. The fourth-order valence-electron chi connectivity index (χ4n) is 3.52. The molecule has 2 aromatic heterocycles. The van der Waals surface area contributed by atoms with Gasteiger partial charge < -0.3 is 9.84 Å². The number of hydrogen-bond acceptors (Lipinski definition) is 7. The number of aryl methyl sites for hydroxylation is 1. The summed E-state index contributed by atoms with van der Waals surface area (Å²) >= 11 is 1.67. The van der Waals surface area contributed by atoms with Crippen molar-refractivity contribution < 1.29 is 9.84 Å². The van der Waals surface area contributed by atoms with Crippen LogP contribution < -0.4 is 0 Å². The summed E-state index contributed by atoms with van der Waals surface area (Å²) in [6, 6.07) is 0.196. The molecule has 1 aliphatic carbocycles. The number of fused-ring (bicyclic) bond motifs is 1. The zero-order valence-electron chi connectivity index (χ0n) is 15.3. The molecule has 138 valence electrons. The van der Waals surface area contributed by atoms with E-state index in [2.05, 4.69) is 36.1 Å². The highest BCUT2D eigenvalue weighted by Gasteiger charge is 2.41. The molecule has 1 aliphatic rings. The summed E-state index contributed by atoms with van der Waals surface area (Å²) in [5.74, 6) is 1.80. The number of aromatic nitrogens is 5. The van der Waals surface area contributed by atoms with Crippen LogP contribution in [0.3, 0.4) is 0 Å². The monoisotopic (exact) mass is 365 g/mol. The Hall–Kier alpha value is -1.25. The maximum absolute atomic E-state index is 9.03. The average molecular weight is 366 g/mol. The standard InChI is InChI=1S/C17H27N5O2S/c1-5-8-25-17-18-12(4)15-16(19-17)22(21-20-15)13-9-14(24-7-6-23)11(3)10(13)2/h10-11,13-14,23H,5-9H2,1-4H3/t10-,11+,13?,14+/m1/s1. The zero-order chi connectivity index (χ0) is 18.0. The minimum absolute atomic E-state index is 0.0545. The van der Waals surface area contributed by atoms with Crippen LogP contribution >= 0.6 is 11.8 Å². The highest BCUT2D eigenvalue weighted by Crippen LogP contribution is 2.42. The number of aliphatic hydroxyl groups excluding tert-OH is 1. The second kappa shape index (κ2) is 7.97. The van der Waals surface area contributed by atoms with Crippen molar-refractivity contribution in [2.75, 3.05) is 19.0 Å². The van der Waals surface area contributed by atoms with Gasteiger partial charge in [0.15, 0.2) is 16.3 Å². The van der Waals surface area contributed by atoms with Crippen molar-refractivity contribution in [1.29, 1.82) is 0 Å². The Morgan fingerprint density at radius 2 is 2.08 bits per heavy atom. The molecule has 1 N–H and O–H groups in total. The van der Waals surface area contributed by atoms with Gasteiger partial charge in [-0.1, -0.05) is 37.7 Å². The van der Waals surface area contributed by atoms with Crippen molar-refractivity contribution in [3.8, 4) is 0 Å². The van der Waals surface area contributed by atoms with E-state index in [1.807, 2.05) is 11.6 Å². The number of aliphatic hydroxyl groups is 1. The predicted molar refractivity (Wildman–Crippen MR) is 97.7 cm³/mol. The van der Waals surface area contributed by atoms with Crippen molar-refractivity contribution in [2.45, 2.75) is 57.8 Å². The van der Waals surface area contributed by atoms with Gasteiger partial charge in [-0.2, -0.15) is 0 Å². The van der Waals surface area contributed by atoms with E-state index >= 15 is 0 Å². The largest absolute Gasteiger partial charge is 0.394 e. The number of ether oxygens (including phenoxy) is 1. The zero-order valence-corrected chi connectivity index (χ0v) is 16.2. The van der Waals surface area contributed by atoms with Gasteiger partial charge in [0.1, 0.15) is 0 Å². The summed E-state index contributed by atoms with van der Waals surface area (Å²) in [4.78, 5) is 9.29. The number of hydrogen-bond donors (Lipinski definition) is 1. The highest BCUT2D eigenvalue weighted by molar-refractivity contribution is 7.99. The SMILES string of the molecule is CCCSc1nc(C)c2nnn(C3C[C@H](OCCO)[C@@H](C)[C@H]3C)c2n1. The van der Waals surface area contributed by atoms with Crippen LogP contribution in [0.2, 0.25) is 0 Å². The van der Waals surface area contributed by atoms with E-state index in [0.717, 1.165) is 40.6 Å². The maximum atomic E-state index is 9.03. The summed E-state index contributed by atoms with van der Waals surface area (Å²) in [5.41, 5.74) is 2.47. The molecule has 0 radical (unpaired) electrons. The minimum Gasteiger partial charge on any atom is -0.394 e. The second-order valence-corrected chi connectivity index (χ2v) is 7.86. The number of nitrogens with zero attached hydrogens (tertiary/aromatic N) is 5. The maximum Gasteiger partial charge on any atom is 0.189 e. The Bertz CT molecular complexity index is 722. The molecule has 1 fully saturated rings. The second-order valence-electron chi connectivity index (χ2n) is 6.80. The number of thioether (sulfide) groups is 1. The molecule has 2 aromatic rings. The lowest BCUT2D eigenvalue weighted by molar-refractivity contribution is 0.00696. The predicted octanol–water partition coefficient (Wildman–Crippen LogP) is 2.63. The summed E-state index contributed by atoms with van der Waals surface area (Å²) in [7, 11) is 0. The lowest BCUT2D eigenvalue weighted by Crippen LogP contribution is -2.20. The van der Waals surface area contributed by atoms with E-state index in [1.165, 1.54) is 0 Å². The van der Waals surface area contributed by atoms with Crippen molar-refractivity contribution in [3.05, 3.63) is 5.69 Å². The number of rotatable bonds is 7. The van der Waals surface area contributed by atoms with Crippen LogP contribution in [0, 0.1) is 18.8 Å². The van der Waals surface area contributed by atoms with Crippen LogP contribution in [0.15, 0.2) is 5.16 Å². The molecule has 0 aromatic carbocycles. The lowest BCUT2D eigenvalue weighted by atomic mass is 9.97. The first-order valence-electron chi connectivity index (χ1n) is 9.01. The van der Waals surface area contributed by atoms with E-state index in [1.54, 1.807) is 11.8 Å². The highest BCUT2D eigenvalue weighted by atomic mass is 32.2. The topological polar surface area (TPSA) is 86.0 Å². The normalized spacial score (nSPS) is 26.6. The third-order valence-electron chi connectivity index (χ3n) is 5.15. The molecule has 0 saturated heterocycles. The van der Waals surface area contributed by atoms with Crippen LogP contribution in [0.1, 0.15) is 45.3 Å². The van der Waals surface area contributed by atoms with E-state index in [4.69, 9.17) is 14.8 Å². The van der Waals surface area contributed by atoms with Gasteiger partial charge in [0.25, 0.3) is 0 Å². The molecule has 4 atom stereocenters. The summed E-state index contributed by atoms with van der Waals surface area (Å²) in [6.45, 7) is 8.98. The van der Waals surface area contributed by atoms with Crippen LogP contribution in [0.5, 0.6) is 0 Å². The lowest BCUT2D eigenvalue weighted by Gasteiger charge is -2.19. The van der Waals surface area contributed by atoms with Crippen molar-refractivity contribution >= 4 is 22.9 Å². The molecule has 3 rings (SSSR count). The van der Waals surface area contributed by atoms with Crippen molar-refractivity contribution in [3.63, 3.8) is 0 Å². The van der Waals surface area contributed by atoms with E-state index in [-0.39, 0.29) is 18.8 Å². The van der Waals surface area contributed by atoms with E-state index in [9.17, 15) is 0 Å². The molecule has 1 unspecified atom stereocenters. The third kappa shape index (κ3) is 3.66. The Labute approximate surface area is 152 Å². The Morgan fingerprint density at radius 3 is 2.80 bits per heavy atom. The average Bonchev–Trinajstić information content (AvgIpc) is 3.14. The van der Waals surface area contributed by atoms with Gasteiger partial charge in [-0.05, 0) is 31.6 Å². The van der Waals surface area contributed by atoms with E-state index < -0.39 is 0 Å². The van der Waals surface area contributed by atoms with Gasteiger partial charge in [0.05, 0.1) is 31.1 Å². The molecular weight excluding hydrogens is 338 g/mol. The molecule has 0 bridgehead atoms.